The third-order valence-electron chi connectivity index (χ3n) is 4.65. The zero-order valence-electron chi connectivity index (χ0n) is 16.8. The van der Waals surface area contributed by atoms with E-state index >= 15 is 0 Å². The predicted molar refractivity (Wildman–Crippen MR) is 105 cm³/mol. The fourth-order valence-corrected chi connectivity index (χ4v) is 2.73. The van der Waals surface area contributed by atoms with Gasteiger partial charge in [-0.3, -0.25) is 0 Å². The van der Waals surface area contributed by atoms with Gasteiger partial charge >= 0.3 is 24.4 Å². The highest BCUT2D eigenvalue weighted by atomic mass is 19.4. The Balaban J connectivity index is 1.67. The first-order valence-electron chi connectivity index (χ1n) is 9.37. The third kappa shape index (κ3) is 4.99. The van der Waals surface area contributed by atoms with E-state index in [1.165, 1.54) is 12.1 Å². The maximum atomic E-state index is 13.4. The van der Waals surface area contributed by atoms with Crippen LogP contribution < -0.4 is 0 Å². The Labute approximate surface area is 187 Å². The van der Waals surface area contributed by atoms with E-state index in [1.54, 1.807) is 36.4 Å². The summed E-state index contributed by atoms with van der Waals surface area (Å²) in [6.45, 7) is -1.26. The number of halogens is 8. The van der Waals surface area contributed by atoms with Crippen LogP contribution in [0.3, 0.4) is 0 Å². The van der Waals surface area contributed by atoms with Crippen molar-refractivity contribution in [2.24, 2.45) is 10.2 Å². The maximum Gasteiger partial charge on any atom is 0.426 e. The number of azo groups is 1. The summed E-state index contributed by atoms with van der Waals surface area (Å²) in [5.41, 5.74) is 1.07. The average Bonchev–Trinajstić information content (AvgIpc) is 2.81. The molecular formula is C22H13F8N3O. The summed E-state index contributed by atoms with van der Waals surface area (Å²) in [6.07, 6.45) is -10.9. The van der Waals surface area contributed by atoms with E-state index in [1.807, 2.05) is 6.07 Å². The van der Waals surface area contributed by atoms with Gasteiger partial charge in [0.2, 0.25) is 0 Å². The standard InChI is InChI=1S/C22H13F8N3O/c23-19(24)20(25,26)21(27,28)22(29,30)34-12-13-2-6-17(7-3-13)32-33-18-8-5-15-9-14(11-31)1-4-16(15)10-18/h1-10,19H,12H2/b33-32+. The molecular weight excluding hydrogens is 474 g/mol. The summed E-state index contributed by atoms with van der Waals surface area (Å²) >= 11 is 0. The summed E-state index contributed by atoms with van der Waals surface area (Å²) in [5, 5.41) is 18.5. The predicted octanol–water partition coefficient (Wildman–Crippen LogP) is 7.77. The van der Waals surface area contributed by atoms with Crippen molar-refractivity contribution in [2.45, 2.75) is 31.0 Å². The van der Waals surface area contributed by atoms with E-state index in [0.29, 0.717) is 11.3 Å². The molecule has 0 bridgehead atoms. The zero-order valence-corrected chi connectivity index (χ0v) is 16.8. The molecule has 0 atom stereocenters. The molecule has 4 nitrogen and oxygen atoms in total. The molecule has 0 aliphatic heterocycles. The molecule has 12 heteroatoms. The van der Waals surface area contributed by atoms with Gasteiger partial charge < -0.3 is 4.74 Å². The van der Waals surface area contributed by atoms with Gasteiger partial charge in [0.25, 0.3) is 0 Å². The van der Waals surface area contributed by atoms with Crippen molar-refractivity contribution in [3.63, 3.8) is 0 Å². The molecule has 3 aromatic rings. The van der Waals surface area contributed by atoms with Crippen LogP contribution in [0, 0.1) is 11.3 Å². The Hall–Kier alpha value is -3.59. The minimum atomic E-state index is -6.43. The van der Waals surface area contributed by atoms with E-state index in [4.69, 9.17) is 5.26 Å². The first-order valence-corrected chi connectivity index (χ1v) is 9.37. The fourth-order valence-electron chi connectivity index (χ4n) is 2.73. The lowest BCUT2D eigenvalue weighted by Crippen LogP contribution is -2.58. The molecule has 0 aliphatic carbocycles. The van der Waals surface area contributed by atoms with Crippen molar-refractivity contribution in [1.82, 2.24) is 0 Å². The smallest absolute Gasteiger partial charge is 0.311 e. The van der Waals surface area contributed by atoms with Crippen LogP contribution in [0.2, 0.25) is 0 Å². The number of rotatable bonds is 8. The van der Waals surface area contributed by atoms with Crippen LogP contribution in [0.15, 0.2) is 70.9 Å². The van der Waals surface area contributed by atoms with Gasteiger partial charge in [0.05, 0.1) is 29.6 Å². The van der Waals surface area contributed by atoms with E-state index in [2.05, 4.69) is 15.0 Å². The number of ether oxygens (including phenoxy) is 1. The summed E-state index contributed by atoms with van der Waals surface area (Å²) < 4.78 is 107. The van der Waals surface area contributed by atoms with E-state index < -0.39 is 31.0 Å². The monoisotopic (exact) mass is 487 g/mol. The second-order valence-electron chi connectivity index (χ2n) is 7.03. The number of hydrogen-bond donors (Lipinski definition) is 0. The normalized spacial score (nSPS) is 13.1. The Morgan fingerprint density at radius 2 is 1.35 bits per heavy atom. The van der Waals surface area contributed by atoms with Crippen molar-refractivity contribution in [1.29, 1.82) is 5.26 Å². The minimum Gasteiger partial charge on any atom is -0.311 e. The quantitative estimate of drug-likeness (QED) is 0.241. The highest BCUT2D eigenvalue weighted by Crippen LogP contribution is 2.49. The van der Waals surface area contributed by atoms with Crippen molar-refractivity contribution >= 4 is 22.1 Å². The Morgan fingerprint density at radius 1 is 0.794 bits per heavy atom. The van der Waals surface area contributed by atoms with Crippen LogP contribution in [0.4, 0.5) is 46.5 Å². The van der Waals surface area contributed by atoms with Gasteiger partial charge in [0.1, 0.15) is 0 Å². The van der Waals surface area contributed by atoms with Gasteiger partial charge in [-0.2, -0.15) is 41.8 Å². The third-order valence-corrected chi connectivity index (χ3v) is 4.65. The van der Waals surface area contributed by atoms with E-state index in [9.17, 15) is 35.1 Å². The molecule has 0 fully saturated rings. The Bertz CT molecular complexity index is 1240. The molecule has 0 radical (unpaired) electrons. The highest BCUT2D eigenvalue weighted by molar-refractivity contribution is 5.86. The Kier molecular flexibility index (Phi) is 6.88. The molecule has 34 heavy (non-hydrogen) atoms. The molecule has 0 heterocycles. The summed E-state index contributed by atoms with van der Waals surface area (Å²) in [5.74, 6) is -12.7. The van der Waals surface area contributed by atoms with Crippen molar-refractivity contribution < 1.29 is 39.9 Å². The van der Waals surface area contributed by atoms with Crippen LogP contribution in [0.5, 0.6) is 0 Å². The number of hydrogen-bond acceptors (Lipinski definition) is 4. The summed E-state index contributed by atoms with van der Waals surface area (Å²) in [6, 6.07) is 17.0. The largest absolute Gasteiger partial charge is 0.426 e. The number of nitriles is 1. The molecule has 0 saturated heterocycles. The molecule has 3 rings (SSSR count). The van der Waals surface area contributed by atoms with Crippen molar-refractivity contribution in [2.75, 3.05) is 0 Å². The first-order chi connectivity index (χ1) is 15.9. The lowest BCUT2D eigenvalue weighted by Gasteiger charge is -2.31. The minimum absolute atomic E-state index is 0.131. The van der Waals surface area contributed by atoms with Crippen LogP contribution in [-0.2, 0) is 11.3 Å². The number of nitrogens with zero attached hydrogens (tertiary/aromatic N) is 3. The lowest BCUT2D eigenvalue weighted by atomic mass is 10.1. The molecule has 0 amide bonds. The molecule has 0 aromatic heterocycles. The molecule has 0 aliphatic rings. The van der Waals surface area contributed by atoms with Gasteiger partial charge in [-0.25, -0.2) is 8.78 Å². The van der Waals surface area contributed by atoms with Crippen molar-refractivity contribution in [3.05, 3.63) is 71.8 Å². The molecule has 0 saturated carbocycles. The summed E-state index contributed by atoms with van der Waals surface area (Å²) in [7, 11) is 0. The van der Waals surface area contributed by atoms with Crippen LogP contribution in [0.1, 0.15) is 11.1 Å². The van der Waals surface area contributed by atoms with Gasteiger partial charge in [0.15, 0.2) is 0 Å². The van der Waals surface area contributed by atoms with Gasteiger partial charge in [0, 0.05) is 0 Å². The maximum absolute atomic E-state index is 13.4. The fraction of sp³-hybridized carbons (Fsp3) is 0.227. The SMILES string of the molecule is N#Cc1ccc2cc(/N=N/c3ccc(COC(F)(F)C(F)(F)C(F)(F)C(F)F)cc3)ccc2c1. The molecule has 0 spiro atoms. The van der Waals surface area contributed by atoms with Gasteiger partial charge in [-0.1, -0.05) is 24.3 Å². The van der Waals surface area contributed by atoms with Crippen LogP contribution in [-0.4, -0.2) is 24.4 Å². The molecule has 178 valence electrons. The van der Waals surface area contributed by atoms with Gasteiger partial charge in [-0.15, -0.1) is 0 Å². The summed E-state index contributed by atoms with van der Waals surface area (Å²) in [4.78, 5) is 0. The Morgan fingerprint density at radius 3 is 1.97 bits per heavy atom. The first kappa shape index (κ1) is 25.0. The van der Waals surface area contributed by atoms with Crippen LogP contribution >= 0.6 is 0 Å². The van der Waals surface area contributed by atoms with E-state index in [0.717, 1.165) is 22.9 Å². The topological polar surface area (TPSA) is 57.7 Å². The average molecular weight is 487 g/mol. The van der Waals surface area contributed by atoms with Crippen molar-refractivity contribution in [3.8, 4) is 6.07 Å². The van der Waals surface area contributed by atoms with Gasteiger partial charge in [-0.05, 0) is 52.7 Å². The highest BCUT2D eigenvalue weighted by Gasteiger charge is 2.76. The lowest BCUT2D eigenvalue weighted by molar-refractivity contribution is -0.415. The second-order valence-corrected chi connectivity index (χ2v) is 7.03. The second kappa shape index (κ2) is 9.34. The number of benzene rings is 3. The number of alkyl halides is 8. The van der Waals surface area contributed by atoms with Crippen LogP contribution in [0.25, 0.3) is 10.8 Å². The zero-order chi connectivity index (χ0) is 25.1. The van der Waals surface area contributed by atoms with E-state index in [-0.39, 0.29) is 11.3 Å². The number of fused-ring (bicyclic) bond motifs is 1. The molecule has 0 unspecified atom stereocenters. The molecule has 0 N–H and O–H groups in total. The molecule has 3 aromatic carbocycles.